The average Bonchev–Trinajstić information content (AvgIpc) is 3.00. The topological polar surface area (TPSA) is 86.9 Å². The summed E-state index contributed by atoms with van der Waals surface area (Å²) >= 11 is 0. The summed E-state index contributed by atoms with van der Waals surface area (Å²) in [6, 6.07) is 3.77. The number of hydrogen-bond acceptors (Lipinski definition) is 6. The molecule has 1 fully saturated rings. The van der Waals surface area contributed by atoms with Crippen LogP contribution in [-0.4, -0.2) is 38.3 Å². The smallest absolute Gasteiger partial charge is 0.316 e. The second kappa shape index (κ2) is 7.68. The van der Waals surface area contributed by atoms with Crippen molar-refractivity contribution in [3.05, 3.63) is 17.8 Å². The third kappa shape index (κ3) is 3.34. The predicted molar refractivity (Wildman–Crippen MR) is 94.7 cm³/mol. The van der Waals surface area contributed by atoms with Crippen LogP contribution in [0.5, 0.6) is 17.2 Å². The average molecular weight is 361 g/mol. The van der Waals surface area contributed by atoms with Gasteiger partial charge in [-0.1, -0.05) is 0 Å². The number of carbonyl (C=O) groups is 2. The number of aryl methyl sites for hydroxylation is 1. The van der Waals surface area contributed by atoms with Crippen molar-refractivity contribution in [1.82, 2.24) is 4.98 Å². The van der Waals surface area contributed by atoms with Crippen LogP contribution in [0.3, 0.4) is 0 Å². The van der Waals surface area contributed by atoms with E-state index in [0.717, 1.165) is 28.8 Å². The standard InChI is InChI=1S/C19H23NO6/c1-23-14-9-8-12-16(18(14)25-3)17(24-2)13(20-12)6-4-5-11-7-10-15(21)26-19(11)22/h8-9,11,20H,4-7,10H2,1-3H3. The molecule has 7 heteroatoms. The Morgan fingerprint density at radius 3 is 2.54 bits per heavy atom. The van der Waals surface area contributed by atoms with Crippen molar-refractivity contribution in [2.24, 2.45) is 5.92 Å². The zero-order valence-corrected chi connectivity index (χ0v) is 15.2. The molecule has 0 saturated carbocycles. The Kier molecular flexibility index (Phi) is 5.35. The molecule has 0 bridgehead atoms. The number of hydrogen-bond donors (Lipinski definition) is 1. The molecule has 0 spiro atoms. The van der Waals surface area contributed by atoms with Crippen molar-refractivity contribution >= 4 is 22.8 Å². The molecule has 1 unspecified atom stereocenters. The predicted octanol–water partition coefficient (Wildman–Crippen LogP) is 3.00. The first-order valence-electron chi connectivity index (χ1n) is 8.63. The molecule has 1 aliphatic heterocycles. The van der Waals surface area contributed by atoms with Gasteiger partial charge in [-0.05, 0) is 37.8 Å². The lowest BCUT2D eigenvalue weighted by atomic mass is 9.94. The minimum absolute atomic E-state index is 0.210. The van der Waals surface area contributed by atoms with Gasteiger partial charge in [0.1, 0.15) is 0 Å². The number of methoxy groups -OCH3 is 3. The Balaban J connectivity index is 1.78. The minimum atomic E-state index is -0.426. The summed E-state index contributed by atoms with van der Waals surface area (Å²) in [4.78, 5) is 26.2. The van der Waals surface area contributed by atoms with Crippen LogP contribution in [-0.2, 0) is 20.7 Å². The van der Waals surface area contributed by atoms with Crippen LogP contribution in [0.25, 0.3) is 10.9 Å². The van der Waals surface area contributed by atoms with Crippen LogP contribution >= 0.6 is 0 Å². The Hall–Kier alpha value is -2.70. The van der Waals surface area contributed by atoms with Crippen molar-refractivity contribution in [2.45, 2.75) is 32.1 Å². The highest BCUT2D eigenvalue weighted by Gasteiger charge is 2.28. The van der Waals surface area contributed by atoms with E-state index in [9.17, 15) is 9.59 Å². The molecule has 1 N–H and O–H groups in total. The number of fused-ring (bicyclic) bond motifs is 1. The van der Waals surface area contributed by atoms with E-state index < -0.39 is 11.9 Å². The van der Waals surface area contributed by atoms with E-state index in [1.165, 1.54) is 0 Å². The maximum Gasteiger partial charge on any atom is 0.316 e. The number of ether oxygens (including phenoxy) is 4. The Morgan fingerprint density at radius 1 is 1.12 bits per heavy atom. The molecular weight excluding hydrogens is 338 g/mol. The first-order valence-corrected chi connectivity index (χ1v) is 8.63. The molecule has 7 nitrogen and oxygen atoms in total. The van der Waals surface area contributed by atoms with Gasteiger partial charge in [0.05, 0.1) is 43.8 Å². The second-order valence-electron chi connectivity index (χ2n) is 6.28. The van der Waals surface area contributed by atoms with E-state index in [4.69, 9.17) is 18.9 Å². The molecule has 0 radical (unpaired) electrons. The Morgan fingerprint density at radius 2 is 1.88 bits per heavy atom. The number of rotatable bonds is 7. The molecule has 1 atom stereocenters. The van der Waals surface area contributed by atoms with Crippen LogP contribution in [0.15, 0.2) is 12.1 Å². The minimum Gasteiger partial charge on any atom is -0.494 e. The molecule has 1 aromatic heterocycles. The number of esters is 2. The fourth-order valence-electron chi connectivity index (χ4n) is 3.47. The fourth-order valence-corrected chi connectivity index (χ4v) is 3.47. The van der Waals surface area contributed by atoms with Gasteiger partial charge in [0, 0.05) is 6.42 Å². The molecule has 2 heterocycles. The lowest BCUT2D eigenvalue weighted by Gasteiger charge is -2.19. The highest BCUT2D eigenvalue weighted by Crippen LogP contribution is 2.43. The molecule has 140 valence electrons. The molecule has 26 heavy (non-hydrogen) atoms. The van der Waals surface area contributed by atoms with Crippen molar-refractivity contribution in [1.29, 1.82) is 0 Å². The number of nitrogens with one attached hydrogen (secondary N) is 1. The first kappa shape index (κ1) is 18.1. The number of aromatic amines is 1. The molecule has 1 aliphatic rings. The van der Waals surface area contributed by atoms with Crippen molar-refractivity contribution in [3.63, 3.8) is 0 Å². The van der Waals surface area contributed by atoms with Gasteiger partial charge in [-0.15, -0.1) is 0 Å². The molecule has 1 saturated heterocycles. The van der Waals surface area contributed by atoms with E-state index in [2.05, 4.69) is 4.98 Å². The van der Waals surface area contributed by atoms with Gasteiger partial charge in [0.25, 0.3) is 0 Å². The Bertz CT molecular complexity index is 825. The van der Waals surface area contributed by atoms with Gasteiger partial charge in [0.15, 0.2) is 17.2 Å². The molecule has 0 amide bonds. The van der Waals surface area contributed by atoms with Crippen molar-refractivity contribution in [3.8, 4) is 17.2 Å². The lowest BCUT2D eigenvalue weighted by Crippen LogP contribution is -2.27. The van der Waals surface area contributed by atoms with Crippen LogP contribution < -0.4 is 14.2 Å². The summed E-state index contributed by atoms with van der Waals surface area (Å²) < 4.78 is 21.2. The third-order valence-electron chi connectivity index (χ3n) is 4.76. The third-order valence-corrected chi connectivity index (χ3v) is 4.76. The van der Waals surface area contributed by atoms with Crippen LogP contribution in [0.4, 0.5) is 0 Å². The molecular formula is C19H23NO6. The van der Waals surface area contributed by atoms with E-state index >= 15 is 0 Å². The van der Waals surface area contributed by atoms with E-state index in [1.807, 2.05) is 12.1 Å². The normalized spacial score (nSPS) is 17.3. The summed E-state index contributed by atoms with van der Waals surface area (Å²) in [5.74, 6) is 0.938. The van der Waals surface area contributed by atoms with Gasteiger partial charge < -0.3 is 23.9 Å². The summed E-state index contributed by atoms with van der Waals surface area (Å²) in [6.45, 7) is 0. The highest BCUT2D eigenvalue weighted by molar-refractivity contribution is 5.95. The van der Waals surface area contributed by atoms with Crippen LogP contribution in [0, 0.1) is 5.92 Å². The maximum absolute atomic E-state index is 11.8. The number of aromatic nitrogens is 1. The number of benzene rings is 1. The van der Waals surface area contributed by atoms with E-state index in [-0.39, 0.29) is 5.92 Å². The van der Waals surface area contributed by atoms with Gasteiger partial charge in [-0.2, -0.15) is 0 Å². The monoisotopic (exact) mass is 361 g/mol. The lowest BCUT2D eigenvalue weighted by molar-refractivity contribution is -0.167. The quantitative estimate of drug-likeness (QED) is 0.603. The van der Waals surface area contributed by atoms with Gasteiger partial charge in [-0.25, -0.2) is 0 Å². The van der Waals surface area contributed by atoms with Crippen LogP contribution in [0.1, 0.15) is 31.4 Å². The summed E-state index contributed by atoms with van der Waals surface area (Å²) in [5.41, 5.74) is 1.84. The van der Waals surface area contributed by atoms with Crippen molar-refractivity contribution in [2.75, 3.05) is 21.3 Å². The van der Waals surface area contributed by atoms with Gasteiger partial charge >= 0.3 is 11.9 Å². The second-order valence-corrected chi connectivity index (χ2v) is 6.28. The zero-order valence-electron chi connectivity index (χ0n) is 15.2. The zero-order chi connectivity index (χ0) is 18.7. The van der Waals surface area contributed by atoms with E-state index in [1.54, 1.807) is 21.3 Å². The largest absolute Gasteiger partial charge is 0.494 e. The molecule has 2 aromatic rings. The fraction of sp³-hybridized carbons (Fsp3) is 0.474. The number of H-pyrrole nitrogens is 1. The number of cyclic esters (lactones) is 2. The Labute approximate surface area is 151 Å². The first-order chi connectivity index (χ1) is 12.6. The summed E-state index contributed by atoms with van der Waals surface area (Å²) in [6.07, 6.45) is 3.03. The summed E-state index contributed by atoms with van der Waals surface area (Å²) in [5, 5.41) is 0.840. The van der Waals surface area contributed by atoms with Crippen LogP contribution in [0.2, 0.25) is 0 Å². The highest BCUT2D eigenvalue weighted by atomic mass is 16.6. The molecule has 0 aliphatic carbocycles. The molecule has 1 aromatic carbocycles. The van der Waals surface area contributed by atoms with Gasteiger partial charge in [0.2, 0.25) is 0 Å². The van der Waals surface area contributed by atoms with Crippen molar-refractivity contribution < 1.29 is 28.5 Å². The number of carbonyl (C=O) groups excluding carboxylic acids is 2. The summed E-state index contributed by atoms with van der Waals surface area (Å²) in [7, 11) is 4.81. The SMILES string of the molecule is COc1ccc2[nH]c(CCCC3CCC(=O)OC3=O)c(OC)c2c1OC. The van der Waals surface area contributed by atoms with Gasteiger partial charge in [-0.3, -0.25) is 9.59 Å². The molecule has 3 rings (SSSR count). The van der Waals surface area contributed by atoms with E-state index in [0.29, 0.717) is 37.2 Å². The maximum atomic E-state index is 11.8.